The number of allylic oxidation sites excluding steroid dienone is 1. The van der Waals surface area contributed by atoms with E-state index in [1.54, 1.807) is 0 Å². The summed E-state index contributed by atoms with van der Waals surface area (Å²) in [6.07, 6.45) is 4.30. The van der Waals surface area contributed by atoms with Crippen molar-refractivity contribution in [1.82, 2.24) is 0 Å². The summed E-state index contributed by atoms with van der Waals surface area (Å²) in [5, 5.41) is 0. The maximum Gasteiger partial charge on any atom is -0.0127 e. The van der Waals surface area contributed by atoms with Gasteiger partial charge in [-0.1, -0.05) is 31.2 Å². The zero-order valence-electron chi connectivity index (χ0n) is 9.51. The van der Waals surface area contributed by atoms with Crippen molar-refractivity contribution in [3.8, 4) is 0 Å². The Morgan fingerprint density at radius 2 is 2.07 bits per heavy atom. The Bertz CT molecular complexity index is 310. The van der Waals surface area contributed by atoms with Crippen LogP contribution in [-0.2, 0) is 0 Å². The quantitative estimate of drug-likeness (QED) is 0.615. The molecule has 0 radical (unpaired) electrons. The van der Waals surface area contributed by atoms with Crippen molar-refractivity contribution in [1.29, 1.82) is 0 Å². The molecule has 0 nitrogen and oxygen atoms in total. The Labute approximate surface area is 87.7 Å². The van der Waals surface area contributed by atoms with E-state index in [-0.39, 0.29) is 0 Å². The number of hydrogen-bond donors (Lipinski definition) is 0. The average Bonchev–Trinajstić information content (AvgIpc) is 2.19. The standard InChI is InChI=1S/C14H20/c1-5-8-13(6-2)14-10-7-9-11(3)12(14)4/h5,7,9-10,13H,1,6,8H2,2-4H3. The second-order valence-corrected chi connectivity index (χ2v) is 3.92. The van der Waals surface area contributed by atoms with Gasteiger partial charge in [-0.05, 0) is 49.3 Å². The highest BCUT2D eigenvalue weighted by Gasteiger charge is 2.10. The first kappa shape index (κ1) is 11.0. The lowest BCUT2D eigenvalue weighted by Crippen LogP contribution is -2.00. The molecule has 1 atom stereocenters. The lowest BCUT2D eigenvalue weighted by atomic mass is 9.88. The molecule has 0 aliphatic rings. The van der Waals surface area contributed by atoms with Gasteiger partial charge in [0.25, 0.3) is 0 Å². The van der Waals surface area contributed by atoms with Gasteiger partial charge in [0.15, 0.2) is 0 Å². The second-order valence-electron chi connectivity index (χ2n) is 3.92. The van der Waals surface area contributed by atoms with Gasteiger partial charge in [-0.15, -0.1) is 6.58 Å². The topological polar surface area (TPSA) is 0 Å². The highest BCUT2D eigenvalue weighted by molar-refractivity contribution is 5.35. The lowest BCUT2D eigenvalue weighted by molar-refractivity contribution is 0.670. The molecule has 76 valence electrons. The summed E-state index contributed by atoms with van der Waals surface area (Å²) in [7, 11) is 0. The summed E-state index contributed by atoms with van der Waals surface area (Å²) >= 11 is 0. The highest BCUT2D eigenvalue weighted by Crippen LogP contribution is 2.27. The van der Waals surface area contributed by atoms with Gasteiger partial charge >= 0.3 is 0 Å². The van der Waals surface area contributed by atoms with E-state index in [2.05, 4.69) is 45.5 Å². The molecule has 0 spiro atoms. The van der Waals surface area contributed by atoms with E-state index in [1.807, 2.05) is 6.08 Å². The molecule has 1 aromatic rings. The maximum absolute atomic E-state index is 3.83. The van der Waals surface area contributed by atoms with E-state index < -0.39 is 0 Å². The summed E-state index contributed by atoms with van der Waals surface area (Å²) in [6, 6.07) is 6.59. The average molecular weight is 188 g/mol. The molecule has 1 unspecified atom stereocenters. The normalized spacial score (nSPS) is 12.5. The molecule has 0 N–H and O–H groups in total. The lowest BCUT2D eigenvalue weighted by Gasteiger charge is -2.17. The fraction of sp³-hybridized carbons (Fsp3) is 0.429. The Hall–Kier alpha value is -1.04. The summed E-state index contributed by atoms with van der Waals surface area (Å²) in [4.78, 5) is 0. The maximum atomic E-state index is 3.83. The first-order valence-corrected chi connectivity index (χ1v) is 5.37. The van der Waals surface area contributed by atoms with Gasteiger partial charge in [-0.25, -0.2) is 0 Å². The first-order chi connectivity index (χ1) is 6.70. The molecule has 1 aromatic carbocycles. The zero-order valence-corrected chi connectivity index (χ0v) is 9.51. The largest absolute Gasteiger partial charge is 0.103 e. The van der Waals surface area contributed by atoms with Gasteiger partial charge < -0.3 is 0 Å². The van der Waals surface area contributed by atoms with Crippen LogP contribution >= 0.6 is 0 Å². The van der Waals surface area contributed by atoms with E-state index in [0.29, 0.717) is 5.92 Å². The number of aryl methyl sites for hydroxylation is 1. The van der Waals surface area contributed by atoms with Crippen LogP contribution in [0.25, 0.3) is 0 Å². The molecule has 0 aromatic heterocycles. The molecular formula is C14H20. The smallest absolute Gasteiger partial charge is 0.0127 e. The van der Waals surface area contributed by atoms with Crippen LogP contribution in [-0.4, -0.2) is 0 Å². The minimum Gasteiger partial charge on any atom is -0.103 e. The van der Waals surface area contributed by atoms with Crippen LogP contribution in [0.3, 0.4) is 0 Å². The van der Waals surface area contributed by atoms with Gasteiger partial charge in [0, 0.05) is 0 Å². The molecule has 0 saturated carbocycles. The SMILES string of the molecule is C=CCC(CC)c1cccc(C)c1C. The summed E-state index contributed by atoms with van der Waals surface area (Å²) in [5.41, 5.74) is 4.33. The van der Waals surface area contributed by atoms with Crippen LogP contribution < -0.4 is 0 Å². The van der Waals surface area contributed by atoms with Gasteiger partial charge in [0.2, 0.25) is 0 Å². The zero-order chi connectivity index (χ0) is 10.6. The minimum absolute atomic E-state index is 0.646. The molecule has 0 amide bonds. The number of hydrogen-bond acceptors (Lipinski definition) is 0. The molecular weight excluding hydrogens is 168 g/mol. The van der Waals surface area contributed by atoms with Gasteiger partial charge in [0.05, 0.1) is 0 Å². The highest BCUT2D eigenvalue weighted by atomic mass is 14.1. The summed E-state index contributed by atoms with van der Waals surface area (Å²) in [5.74, 6) is 0.646. The molecule has 14 heavy (non-hydrogen) atoms. The van der Waals surface area contributed by atoms with Crippen LogP contribution in [0, 0.1) is 13.8 Å². The van der Waals surface area contributed by atoms with Crippen molar-refractivity contribution in [2.75, 3.05) is 0 Å². The molecule has 0 fully saturated rings. The van der Waals surface area contributed by atoms with Gasteiger partial charge in [-0.2, -0.15) is 0 Å². The van der Waals surface area contributed by atoms with Crippen LogP contribution in [0.5, 0.6) is 0 Å². The molecule has 0 heterocycles. The van der Waals surface area contributed by atoms with Crippen molar-refractivity contribution < 1.29 is 0 Å². The van der Waals surface area contributed by atoms with E-state index in [4.69, 9.17) is 0 Å². The number of rotatable bonds is 4. The van der Waals surface area contributed by atoms with Gasteiger partial charge in [-0.3, -0.25) is 0 Å². The fourth-order valence-corrected chi connectivity index (χ4v) is 1.93. The van der Waals surface area contributed by atoms with Crippen LogP contribution in [0.2, 0.25) is 0 Å². The van der Waals surface area contributed by atoms with E-state index in [0.717, 1.165) is 6.42 Å². The third-order valence-electron chi connectivity index (χ3n) is 3.03. The molecule has 1 rings (SSSR count). The van der Waals surface area contributed by atoms with Gasteiger partial charge in [0.1, 0.15) is 0 Å². The molecule has 0 aliphatic heterocycles. The Kier molecular flexibility index (Phi) is 3.94. The molecule has 0 heteroatoms. The Morgan fingerprint density at radius 3 is 2.64 bits per heavy atom. The predicted octanol–water partition coefficient (Wildman–Crippen LogP) is 4.37. The summed E-state index contributed by atoms with van der Waals surface area (Å²) < 4.78 is 0. The van der Waals surface area contributed by atoms with E-state index >= 15 is 0 Å². The second kappa shape index (κ2) is 4.99. The third-order valence-corrected chi connectivity index (χ3v) is 3.03. The molecule has 0 bridgehead atoms. The Balaban J connectivity index is 3.03. The predicted molar refractivity (Wildman–Crippen MR) is 63.8 cm³/mol. The van der Waals surface area contributed by atoms with Crippen molar-refractivity contribution in [2.24, 2.45) is 0 Å². The van der Waals surface area contributed by atoms with Crippen molar-refractivity contribution in [2.45, 2.75) is 39.5 Å². The van der Waals surface area contributed by atoms with E-state index in [9.17, 15) is 0 Å². The number of benzene rings is 1. The van der Waals surface area contributed by atoms with E-state index in [1.165, 1.54) is 23.1 Å². The van der Waals surface area contributed by atoms with Crippen molar-refractivity contribution in [3.63, 3.8) is 0 Å². The minimum atomic E-state index is 0.646. The monoisotopic (exact) mass is 188 g/mol. The van der Waals surface area contributed by atoms with Crippen molar-refractivity contribution in [3.05, 3.63) is 47.5 Å². The molecule has 0 aliphatic carbocycles. The van der Waals surface area contributed by atoms with Crippen molar-refractivity contribution >= 4 is 0 Å². The van der Waals surface area contributed by atoms with Crippen LogP contribution in [0.4, 0.5) is 0 Å². The van der Waals surface area contributed by atoms with Crippen LogP contribution in [0.15, 0.2) is 30.9 Å². The molecule has 0 saturated heterocycles. The van der Waals surface area contributed by atoms with Crippen LogP contribution in [0.1, 0.15) is 42.4 Å². The first-order valence-electron chi connectivity index (χ1n) is 5.37. The summed E-state index contributed by atoms with van der Waals surface area (Å²) in [6.45, 7) is 10.5. The third kappa shape index (κ3) is 2.25. The Morgan fingerprint density at radius 1 is 1.36 bits per heavy atom. The fourth-order valence-electron chi connectivity index (χ4n) is 1.93.